The molecule has 0 saturated heterocycles. The van der Waals surface area contributed by atoms with E-state index in [1.807, 2.05) is 6.07 Å². The fourth-order valence-electron chi connectivity index (χ4n) is 5.00. The Morgan fingerprint density at radius 1 is 1.00 bits per heavy atom. The van der Waals surface area contributed by atoms with Crippen LogP contribution in [0.4, 0.5) is 0 Å². The van der Waals surface area contributed by atoms with Crippen molar-refractivity contribution in [3.63, 3.8) is 0 Å². The number of ketones is 1. The van der Waals surface area contributed by atoms with Crippen molar-refractivity contribution in [2.45, 2.75) is 25.2 Å². The van der Waals surface area contributed by atoms with Gasteiger partial charge in [-0.15, -0.1) is 0 Å². The lowest BCUT2D eigenvalue weighted by Crippen LogP contribution is -2.10. The molecule has 0 aliphatic heterocycles. The maximum Gasteiger partial charge on any atom is 0.160 e. The first kappa shape index (κ1) is 10.8. The molecular weight excluding hydrogens is 244 g/mol. The van der Waals surface area contributed by atoms with Crippen LogP contribution in [0.25, 0.3) is 10.8 Å². The predicted octanol–water partition coefficient (Wildman–Crippen LogP) is 4.43. The zero-order valence-electron chi connectivity index (χ0n) is 11.5. The van der Waals surface area contributed by atoms with E-state index in [0.717, 1.165) is 5.56 Å². The van der Waals surface area contributed by atoms with Crippen LogP contribution in [0.5, 0.6) is 0 Å². The highest BCUT2D eigenvalue weighted by Gasteiger charge is 2.50. The van der Waals surface area contributed by atoms with Gasteiger partial charge in [0.2, 0.25) is 0 Å². The number of rotatable bonds is 1. The van der Waals surface area contributed by atoms with Gasteiger partial charge >= 0.3 is 0 Å². The van der Waals surface area contributed by atoms with Crippen LogP contribution in [0, 0.1) is 11.8 Å². The lowest BCUT2D eigenvalue weighted by molar-refractivity contribution is 0.101. The number of carbonyl (C=O) groups excluding carboxylic acids is 1. The average molecular weight is 260 g/mol. The Bertz CT molecular complexity index is 775. The van der Waals surface area contributed by atoms with E-state index in [9.17, 15) is 4.79 Å². The molecule has 0 N–H and O–H groups in total. The second-order valence-electron chi connectivity index (χ2n) is 6.53. The number of hydrogen-bond donors (Lipinski definition) is 0. The normalized spacial score (nSPS) is 32.0. The molecule has 0 heterocycles. The van der Waals surface area contributed by atoms with E-state index in [4.69, 9.17) is 0 Å². The van der Waals surface area contributed by atoms with Gasteiger partial charge in [-0.2, -0.15) is 0 Å². The summed E-state index contributed by atoms with van der Waals surface area (Å²) in [5.41, 5.74) is 3.86. The minimum atomic E-state index is 0.173. The summed E-state index contributed by atoms with van der Waals surface area (Å²) in [7, 11) is 0. The van der Waals surface area contributed by atoms with Crippen LogP contribution in [0.15, 0.2) is 42.5 Å². The van der Waals surface area contributed by atoms with Gasteiger partial charge in [0.15, 0.2) is 5.78 Å². The Kier molecular flexibility index (Phi) is 1.85. The molecule has 3 aliphatic carbocycles. The molecule has 0 aromatic heterocycles. The van der Waals surface area contributed by atoms with E-state index in [-0.39, 0.29) is 5.78 Å². The van der Waals surface area contributed by atoms with Crippen molar-refractivity contribution in [3.8, 4) is 0 Å². The van der Waals surface area contributed by atoms with Gasteiger partial charge in [-0.1, -0.05) is 42.5 Å². The van der Waals surface area contributed by atoms with E-state index >= 15 is 0 Å². The van der Waals surface area contributed by atoms with Gasteiger partial charge in [-0.3, -0.25) is 4.79 Å². The number of carbonyl (C=O) groups is 1. The van der Waals surface area contributed by atoms with Crippen LogP contribution < -0.4 is 0 Å². The van der Waals surface area contributed by atoms with Crippen molar-refractivity contribution in [2.75, 3.05) is 0 Å². The first-order chi connectivity index (χ1) is 9.75. The molecular formula is C19H16O. The first-order valence-electron chi connectivity index (χ1n) is 7.50. The fraction of sp³-hybridized carbons (Fsp3) is 0.316. The number of hydrogen-bond acceptors (Lipinski definition) is 1. The molecule has 0 spiro atoms. The van der Waals surface area contributed by atoms with Crippen molar-refractivity contribution in [1.29, 1.82) is 0 Å². The Morgan fingerprint density at radius 3 is 2.40 bits per heavy atom. The molecule has 20 heavy (non-hydrogen) atoms. The fourth-order valence-corrected chi connectivity index (χ4v) is 5.00. The largest absolute Gasteiger partial charge is 0.294 e. The molecule has 1 heteroatoms. The molecule has 1 fully saturated rings. The summed E-state index contributed by atoms with van der Waals surface area (Å²) in [6.07, 6.45) is 6.16. The van der Waals surface area contributed by atoms with E-state index in [1.165, 1.54) is 28.3 Å². The van der Waals surface area contributed by atoms with Gasteiger partial charge in [0.05, 0.1) is 0 Å². The molecule has 0 amide bonds. The SMILES string of the molecule is CC(=O)c1ccc2c3c(cccc13)[C@@H]1[C@H]2[C@@H]2C=C[C@H]1C2. The van der Waals surface area contributed by atoms with E-state index in [2.05, 4.69) is 36.4 Å². The third kappa shape index (κ3) is 1.09. The predicted molar refractivity (Wildman–Crippen MR) is 80.2 cm³/mol. The number of Topliss-reactive ketones (excluding diaryl/α,β-unsaturated/α-hetero) is 1. The lowest BCUT2D eigenvalue weighted by atomic mass is 9.81. The van der Waals surface area contributed by atoms with Crippen molar-refractivity contribution in [2.24, 2.45) is 11.8 Å². The summed E-state index contributed by atoms with van der Waals surface area (Å²) in [5.74, 6) is 2.91. The summed E-state index contributed by atoms with van der Waals surface area (Å²) in [4.78, 5) is 11.9. The van der Waals surface area contributed by atoms with Crippen LogP contribution in [0.2, 0.25) is 0 Å². The highest BCUT2D eigenvalue weighted by molar-refractivity contribution is 6.09. The second kappa shape index (κ2) is 3.41. The second-order valence-corrected chi connectivity index (χ2v) is 6.53. The molecule has 0 radical (unpaired) electrons. The van der Waals surface area contributed by atoms with Crippen LogP contribution in [-0.4, -0.2) is 5.78 Å². The molecule has 2 bridgehead atoms. The monoisotopic (exact) mass is 260 g/mol. The molecule has 4 atom stereocenters. The molecule has 0 unspecified atom stereocenters. The average Bonchev–Trinajstić information content (AvgIpc) is 3.12. The Hall–Kier alpha value is -1.89. The number of fused-ring (bicyclic) bond motifs is 7. The molecule has 3 aliphatic rings. The lowest BCUT2D eigenvalue weighted by Gasteiger charge is -2.22. The zero-order chi connectivity index (χ0) is 13.4. The summed E-state index contributed by atoms with van der Waals surface area (Å²) in [6, 6.07) is 10.8. The van der Waals surface area contributed by atoms with Crippen molar-refractivity contribution < 1.29 is 4.79 Å². The minimum Gasteiger partial charge on any atom is -0.294 e. The van der Waals surface area contributed by atoms with Gasteiger partial charge in [-0.05, 0) is 58.9 Å². The molecule has 1 nitrogen and oxygen atoms in total. The van der Waals surface area contributed by atoms with Crippen molar-refractivity contribution in [1.82, 2.24) is 0 Å². The van der Waals surface area contributed by atoms with Gasteiger partial charge < -0.3 is 0 Å². The van der Waals surface area contributed by atoms with Gasteiger partial charge in [-0.25, -0.2) is 0 Å². The van der Waals surface area contributed by atoms with Gasteiger partial charge in [0.25, 0.3) is 0 Å². The third-order valence-electron chi connectivity index (χ3n) is 5.66. The Morgan fingerprint density at radius 2 is 1.70 bits per heavy atom. The minimum absolute atomic E-state index is 0.173. The zero-order valence-corrected chi connectivity index (χ0v) is 11.5. The quantitative estimate of drug-likeness (QED) is 0.547. The molecule has 2 aromatic rings. The van der Waals surface area contributed by atoms with E-state index in [0.29, 0.717) is 23.7 Å². The first-order valence-corrected chi connectivity index (χ1v) is 7.50. The van der Waals surface area contributed by atoms with Gasteiger partial charge in [0, 0.05) is 5.56 Å². The van der Waals surface area contributed by atoms with Crippen LogP contribution in [0.1, 0.15) is 46.7 Å². The topological polar surface area (TPSA) is 17.1 Å². The standard InChI is InChI=1S/C19H16O/c1-10(20)13-7-8-16-18-12-6-5-11(9-12)17(18)15-4-2-3-14(13)19(15)16/h2-8,11-12,17-18H,9H2,1H3/t11-,12+,17+,18-/m0/s1. The number of allylic oxidation sites excluding steroid dienone is 2. The highest BCUT2D eigenvalue weighted by Crippen LogP contribution is 2.63. The van der Waals surface area contributed by atoms with Crippen molar-refractivity contribution in [3.05, 3.63) is 59.2 Å². The maximum absolute atomic E-state index is 11.9. The summed E-state index contributed by atoms with van der Waals surface area (Å²) >= 11 is 0. The van der Waals surface area contributed by atoms with Gasteiger partial charge in [0.1, 0.15) is 0 Å². The Balaban J connectivity index is 1.88. The molecule has 1 saturated carbocycles. The smallest absolute Gasteiger partial charge is 0.160 e. The summed E-state index contributed by atoms with van der Waals surface area (Å²) < 4.78 is 0. The molecule has 5 rings (SSSR count). The van der Waals surface area contributed by atoms with E-state index < -0.39 is 0 Å². The molecule has 98 valence electrons. The van der Waals surface area contributed by atoms with Crippen LogP contribution in [-0.2, 0) is 0 Å². The Labute approximate surface area is 118 Å². The maximum atomic E-state index is 11.9. The highest BCUT2D eigenvalue weighted by atomic mass is 16.1. The molecule has 2 aromatic carbocycles. The summed E-state index contributed by atoms with van der Waals surface area (Å²) in [6.45, 7) is 1.67. The van der Waals surface area contributed by atoms with Crippen LogP contribution in [0.3, 0.4) is 0 Å². The van der Waals surface area contributed by atoms with Crippen LogP contribution >= 0.6 is 0 Å². The summed E-state index contributed by atoms with van der Waals surface area (Å²) in [5, 5.41) is 2.55. The van der Waals surface area contributed by atoms with Crippen molar-refractivity contribution >= 4 is 16.6 Å². The number of benzene rings is 2. The van der Waals surface area contributed by atoms with E-state index in [1.54, 1.807) is 6.92 Å². The third-order valence-corrected chi connectivity index (χ3v) is 5.66.